The standard InChI is InChI=1S/C14H14N4O3/c1-21-12-7-6-11(8-16-12)17-14(19)10-4-2-9(3-5-10)13(15)18-20/h2-8,20H,1H3,(H2,15,18)(H,17,19). The van der Waals surface area contributed by atoms with Crippen LogP contribution in [0.25, 0.3) is 0 Å². The Morgan fingerprint density at radius 1 is 1.24 bits per heavy atom. The van der Waals surface area contributed by atoms with Crippen molar-refractivity contribution >= 4 is 17.4 Å². The summed E-state index contributed by atoms with van der Waals surface area (Å²) in [4.78, 5) is 16.0. The van der Waals surface area contributed by atoms with Gasteiger partial charge < -0.3 is 21.0 Å². The van der Waals surface area contributed by atoms with E-state index in [-0.39, 0.29) is 11.7 Å². The van der Waals surface area contributed by atoms with Crippen molar-refractivity contribution in [2.24, 2.45) is 10.9 Å². The molecule has 1 heterocycles. The van der Waals surface area contributed by atoms with Gasteiger partial charge in [-0.3, -0.25) is 4.79 Å². The van der Waals surface area contributed by atoms with Gasteiger partial charge in [-0.05, 0) is 18.2 Å². The highest BCUT2D eigenvalue weighted by molar-refractivity contribution is 6.05. The van der Waals surface area contributed by atoms with Crippen molar-refractivity contribution in [3.05, 3.63) is 53.7 Å². The van der Waals surface area contributed by atoms with E-state index in [4.69, 9.17) is 15.7 Å². The highest BCUT2D eigenvalue weighted by Gasteiger charge is 2.07. The molecule has 1 aromatic heterocycles. The van der Waals surface area contributed by atoms with Crippen LogP contribution in [0.15, 0.2) is 47.8 Å². The Hall–Kier alpha value is -3.09. The number of aromatic nitrogens is 1. The quantitative estimate of drug-likeness (QED) is 0.341. The summed E-state index contributed by atoms with van der Waals surface area (Å²) in [5, 5.41) is 14.2. The van der Waals surface area contributed by atoms with Gasteiger partial charge in [0.25, 0.3) is 5.91 Å². The summed E-state index contributed by atoms with van der Waals surface area (Å²) in [7, 11) is 1.52. The minimum Gasteiger partial charge on any atom is -0.481 e. The van der Waals surface area contributed by atoms with E-state index in [2.05, 4.69) is 15.5 Å². The van der Waals surface area contributed by atoms with Crippen molar-refractivity contribution < 1.29 is 14.7 Å². The number of nitrogens with two attached hydrogens (primary N) is 1. The van der Waals surface area contributed by atoms with Crippen LogP contribution < -0.4 is 15.8 Å². The summed E-state index contributed by atoms with van der Waals surface area (Å²) in [6.45, 7) is 0. The third kappa shape index (κ3) is 3.47. The largest absolute Gasteiger partial charge is 0.481 e. The van der Waals surface area contributed by atoms with Gasteiger partial charge in [0.1, 0.15) is 0 Å². The lowest BCUT2D eigenvalue weighted by atomic mass is 10.1. The number of amides is 1. The lowest BCUT2D eigenvalue weighted by Crippen LogP contribution is -2.15. The predicted octanol–water partition coefficient (Wildman–Crippen LogP) is 1.44. The van der Waals surface area contributed by atoms with Crippen molar-refractivity contribution in [2.45, 2.75) is 0 Å². The van der Waals surface area contributed by atoms with Gasteiger partial charge in [0.05, 0.1) is 19.0 Å². The van der Waals surface area contributed by atoms with Crippen LogP contribution in [0, 0.1) is 0 Å². The number of oxime groups is 1. The highest BCUT2D eigenvalue weighted by atomic mass is 16.5. The molecule has 2 aromatic rings. The van der Waals surface area contributed by atoms with Gasteiger partial charge in [0.2, 0.25) is 5.88 Å². The second kappa shape index (κ2) is 6.38. The van der Waals surface area contributed by atoms with Crippen molar-refractivity contribution in [1.82, 2.24) is 4.98 Å². The van der Waals surface area contributed by atoms with Crippen molar-refractivity contribution in [3.8, 4) is 5.88 Å². The summed E-state index contributed by atoms with van der Waals surface area (Å²) in [6, 6.07) is 9.69. The Balaban J connectivity index is 2.09. The summed E-state index contributed by atoms with van der Waals surface area (Å²) in [5.74, 6) is 0.172. The molecule has 7 heteroatoms. The zero-order chi connectivity index (χ0) is 15.2. The molecule has 0 aliphatic heterocycles. The number of methoxy groups -OCH3 is 1. The monoisotopic (exact) mass is 286 g/mol. The molecular weight excluding hydrogens is 272 g/mol. The maximum Gasteiger partial charge on any atom is 0.255 e. The first-order chi connectivity index (χ1) is 10.1. The fraction of sp³-hybridized carbons (Fsp3) is 0.0714. The van der Waals surface area contributed by atoms with E-state index >= 15 is 0 Å². The Kier molecular flexibility index (Phi) is 4.35. The Morgan fingerprint density at radius 2 is 1.90 bits per heavy atom. The minimum absolute atomic E-state index is 0.0127. The number of hydrogen-bond acceptors (Lipinski definition) is 5. The summed E-state index contributed by atoms with van der Waals surface area (Å²) >= 11 is 0. The molecule has 0 saturated carbocycles. The molecule has 108 valence electrons. The van der Waals surface area contributed by atoms with Crippen LogP contribution in [-0.2, 0) is 0 Å². The SMILES string of the molecule is COc1ccc(NC(=O)c2ccc(/C(N)=N/O)cc2)cn1. The molecule has 0 spiro atoms. The topological polar surface area (TPSA) is 110 Å². The van der Waals surface area contributed by atoms with Gasteiger partial charge in [0, 0.05) is 17.2 Å². The van der Waals surface area contributed by atoms with Crippen LogP contribution in [0.3, 0.4) is 0 Å². The van der Waals surface area contributed by atoms with Crippen LogP contribution in [0.1, 0.15) is 15.9 Å². The maximum atomic E-state index is 12.0. The first kappa shape index (κ1) is 14.3. The number of anilines is 1. The summed E-state index contributed by atoms with van der Waals surface area (Å²) in [6.07, 6.45) is 1.50. The smallest absolute Gasteiger partial charge is 0.255 e. The number of nitrogens with one attached hydrogen (secondary N) is 1. The number of carbonyl (C=O) groups is 1. The number of benzene rings is 1. The number of pyridine rings is 1. The zero-order valence-electron chi connectivity index (χ0n) is 11.3. The summed E-state index contributed by atoms with van der Waals surface area (Å²) in [5.41, 5.74) is 6.98. The Labute approximate surface area is 121 Å². The first-order valence-electron chi connectivity index (χ1n) is 6.03. The molecule has 0 unspecified atom stereocenters. The fourth-order valence-electron chi connectivity index (χ4n) is 1.63. The van der Waals surface area contributed by atoms with E-state index in [9.17, 15) is 4.79 Å². The van der Waals surface area contributed by atoms with Gasteiger partial charge >= 0.3 is 0 Å². The Bertz CT molecular complexity index is 651. The third-order valence-electron chi connectivity index (χ3n) is 2.75. The zero-order valence-corrected chi connectivity index (χ0v) is 11.3. The van der Waals surface area contributed by atoms with E-state index in [1.807, 2.05) is 0 Å². The molecule has 0 atom stereocenters. The number of rotatable bonds is 4. The lowest BCUT2D eigenvalue weighted by Gasteiger charge is -2.06. The first-order valence-corrected chi connectivity index (χ1v) is 6.03. The minimum atomic E-state index is -0.284. The van der Waals surface area contributed by atoms with E-state index in [0.29, 0.717) is 22.7 Å². The summed E-state index contributed by atoms with van der Waals surface area (Å²) < 4.78 is 4.94. The maximum absolute atomic E-state index is 12.0. The normalized spacial score (nSPS) is 11.0. The number of amidine groups is 1. The molecule has 1 aromatic carbocycles. The molecule has 0 aliphatic carbocycles. The average Bonchev–Trinajstić information content (AvgIpc) is 2.55. The van der Waals surface area contributed by atoms with E-state index in [1.54, 1.807) is 36.4 Å². The average molecular weight is 286 g/mol. The van der Waals surface area contributed by atoms with Gasteiger partial charge in [-0.25, -0.2) is 4.98 Å². The number of hydrogen-bond donors (Lipinski definition) is 3. The van der Waals surface area contributed by atoms with Gasteiger partial charge in [0.15, 0.2) is 5.84 Å². The molecule has 4 N–H and O–H groups in total. The second-order valence-electron chi connectivity index (χ2n) is 4.11. The van der Waals surface area contributed by atoms with Crippen LogP contribution in [0.2, 0.25) is 0 Å². The fourth-order valence-corrected chi connectivity index (χ4v) is 1.63. The molecule has 0 fully saturated rings. The van der Waals surface area contributed by atoms with E-state index in [1.165, 1.54) is 13.3 Å². The molecule has 0 bridgehead atoms. The van der Waals surface area contributed by atoms with E-state index < -0.39 is 0 Å². The molecule has 1 amide bonds. The van der Waals surface area contributed by atoms with E-state index in [0.717, 1.165) is 0 Å². The van der Waals surface area contributed by atoms with Crippen molar-refractivity contribution in [1.29, 1.82) is 0 Å². The van der Waals surface area contributed by atoms with Gasteiger partial charge in [-0.1, -0.05) is 17.3 Å². The van der Waals surface area contributed by atoms with Crippen LogP contribution in [0.5, 0.6) is 5.88 Å². The van der Waals surface area contributed by atoms with Gasteiger partial charge in [-0.2, -0.15) is 0 Å². The number of carbonyl (C=O) groups excluding carboxylic acids is 1. The molecule has 7 nitrogen and oxygen atoms in total. The third-order valence-corrected chi connectivity index (χ3v) is 2.75. The molecule has 0 saturated heterocycles. The Morgan fingerprint density at radius 3 is 2.43 bits per heavy atom. The molecular formula is C14H14N4O3. The molecule has 0 radical (unpaired) electrons. The van der Waals surface area contributed by atoms with Crippen LogP contribution in [-0.4, -0.2) is 29.0 Å². The van der Waals surface area contributed by atoms with Gasteiger partial charge in [-0.15, -0.1) is 0 Å². The highest BCUT2D eigenvalue weighted by Crippen LogP contribution is 2.13. The lowest BCUT2D eigenvalue weighted by molar-refractivity contribution is 0.102. The number of ether oxygens (including phenoxy) is 1. The predicted molar refractivity (Wildman–Crippen MR) is 77.7 cm³/mol. The van der Waals surface area contributed by atoms with Crippen LogP contribution in [0.4, 0.5) is 5.69 Å². The van der Waals surface area contributed by atoms with Crippen molar-refractivity contribution in [3.63, 3.8) is 0 Å². The molecule has 2 rings (SSSR count). The molecule has 21 heavy (non-hydrogen) atoms. The van der Waals surface area contributed by atoms with Crippen molar-refractivity contribution in [2.75, 3.05) is 12.4 Å². The molecule has 0 aliphatic rings. The van der Waals surface area contributed by atoms with Crippen LogP contribution >= 0.6 is 0 Å². The number of nitrogens with zero attached hydrogens (tertiary/aromatic N) is 2. The second-order valence-corrected chi connectivity index (χ2v) is 4.11.